The molecule has 1 saturated carbocycles. The molecule has 1 unspecified atom stereocenters. The normalized spacial score (nSPS) is 35.2. The molecular formula is C20H26N2O3. The summed E-state index contributed by atoms with van der Waals surface area (Å²) in [6, 6.07) is 8.00. The molecule has 25 heavy (non-hydrogen) atoms. The maximum Gasteiger partial charge on any atom is 0.293 e. The van der Waals surface area contributed by atoms with Crippen molar-refractivity contribution in [1.82, 2.24) is 4.90 Å². The van der Waals surface area contributed by atoms with E-state index in [1.54, 1.807) is 0 Å². The number of piperidine rings is 1. The van der Waals surface area contributed by atoms with Crippen LogP contribution in [0.5, 0.6) is 0 Å². The minimum atomic E-state index is -1.20. The van der Waals surface area contributed by atoms with E-state index in [4.69, 9.17) is 9.47 Å². The molecule has 0 N–H and O–H groups in total. The predicted octanol–water partition coefficient (Wildman–Crippen LogP) is 2.99. The van der Waals surface area contributed by atoms with Gasteiger partial charge >= 0.3 is 0 Å². The van der Waals surface area contributed by atoms with Gasteiger partial charge in [0.15, 0.2) is 0 Å². The zero-order chi connectivity index (χ0) is 16.9. The minimum absolute atomic E-state index is 0.0336. The number of amides is 1. The standard InChI is InChI=1S/C20H26N2O3/c23-19-20(24-17-10-4-5-11-18(17)25-20)15-8-2-3-9-16(15)22(19)14-21-12-6-1-7-13-21/h2-3,8-9,17-18H,1,4-7,10-14H2/t17-,18+,20?. The van der Waals surface area contributed by atoms with Crippen molar-refractivity contribution in [1.29, 1.82) is 0 Å². The molecular weight excluding hydrogens is 316 g/mol. The first-order valence-electron chi connectivity index (χ1n) is 9.77. The van der Waals surface area contributed by atoms with Gasteiger partial charge in [-0.2, -0.15) is 0 Å². The van der Waals surface area contributed by atoms with E-state index < -0.39 is 5.79 Å². The Morgan fingerprint density at radius 1 is 0.960 bits per heavy atom. The van der Waals surface area contributed by atoms with E-state index in [2.05, 4.69) is 4.90 Å². The average molecular weight is 342 g/mol. The van der Waals surface area contributed by atoms with Crippen molar-refractivity contribution >= 4 is 11.6 Å². The summed E-state index contributed by atoms with van der Waals surface area (Å²) in [7, 11) is 0. The van der Waals surface area contributed by atoms with Gasteiger partial charge in [-0.25, -0.2) is 0 Å². The van der Waals surface area contributed by atoms with Crippen LogP contribution in [0, 0.1) is 0 Å². The van der Waals surface area contributed by atoms with Crippen molar-refractivity contribution in [3.63, 3.8) is 0 Å². The van der Waals surface area contributed by atoms with Crippen LogP contribution in [0.15, 0.2) is 24.3 Å². The Hall–Kier alpha value is -1.43. The number of carbonyl (C=O) groups is 1. The molecule has 0 radical (unpaired) electrons. The van der Waals surface area contributed by atoms with E-state index in [-0.39, 0.29) is 18.1 Å². The highest BCUT2D eigenvalue weighted by Crippen LogP contribution is 2.51. The Morgan fingerprint density at radius 2 is 1.64 bits per heavy atom. The smallest absolute Gasteiger partial charge is 0.293 e. The van der Waals surface area contributed by atoms with Gasteiger partial charge in [0.2, 0.25) is 0 Å². The Morgan fingerprint density at radius 3 is 2.36 bits per heavy atom. The van der Waals surface area contributed by atoms with E-state index in [1.165, 1.54) is 19.3 Å². The molecule has 5 heteroatoms. The summed E-state index contributed by atoms with van der Waals surface area (Å²) in [5.74, 6) is -1.24. The van der Waals surface area contributed by atoms with E-state index >= 15 is 0 Å². The van der Waals surface area contributed by atoms with Crippen molar-refractivity contribution in [3.8, 4) is 0 Å². The number of rotatable bonds is 2. The lowest BCUT2D eigenvalue weighted by Crippen LogP contribution is -2.47. The fourth-order valence-corrected chi connectivity index (χ4v) is 4.85. The summed E-state index contributed by atoms with van der Waals surface area (Å²) >= 11 is 0. The molecule has 0 bridgehead atoms. The van der Waals surface area contributed by atoms with Gasteiger partial charge in [-0.3, -0.25) is 14.6 Å². The molecule has 5 rings (SSSR count). The zero-order valence-electron chi connectivity index (χ0n) is 14.7. The second kappa shape index (κ2) is 6.08. The van der Waals surface area contributed by atoms with Crippen LogP contribution in [0.4, 0.5) is 5.69 Å². The number of nitrogens with zero attached hydrogens (tertiary/aromatic N) is 2. The van der Waals surface area contributed by atoms with Gasteiger partial charge in [0.1, 0.15) is 0 Å². The lowest BCUT2D eigenvalue weighted by Gasteiger charge is -2.31. The second-order valence-corrected chi connectivity index (χ2v) is 7.78. The predicted molar refractivity (Wildman–Crippen MR) is 94.1 cm³/mol. The number of para-hydroxylation sites is 1. The Kier molecular flexibility index (Phi) is 3.84. The summed E-state index contributed by atoms with van der Waals surface area (Å²) < 4.78 is 12.7. The van der Waals surface area contributed by atoms with Crippen molar-refractivity contribution in [2.24, 2.45) is 0 Å². The largest absolute Gasteiger partial charge is 0.332 e. The maximum absolute atomic E-state index is 13.5. The van der Waals surface area contributed by atoms with Crippen LogP contribution >= 0.6 is 0 Å². The van der Waals surface area contributed by atoms with Crippen LogP contribution in [-0.2, 0) is 20.1 Å². The van der Waals surface area contributed by atoms with Gasteiger partial charge in [0.25, 0.3) is 11.7 Å². The number of carbonyl (C=O) groups excluding carboxylic acids is 1. The Labute approximate surface area is 148 Å². The van der Waals surface area contributed by atoms with Gasteiger partial charge in [-0.05, 0) is 44.8 Å². The van der Waals surface area contributed by atoms with E-state index in [0.717, 1.165) is 50.0 Å². The van der Waals surface area contributed by atoms with E-state index in [0.29, 0.717) is 6.67 Å². The topological polar surface area (TPSA) is 42.0 Å². The first-order valence-corrected chi connectivity index (χ1v) is 9.77. The molecule has 3 fully saturated rings. The third kappa shape index (κ3) is 2.44. The molecule has 1 amide bonds. The fourth-order valence-electron chi connectivity index (χ4n) is 4.85. The lowest BCUT2D eigenvalue weighted by molar-refractivity contribution is -0.190. The molecule has 134 valence electrons. The number of hydrogen-bond donors (Lipinski definition) is 0. The number of benzene rings is 1. The van der Waals surface area contributed by atoms with Crippen molar-refractivity contribution < 1.29 is 14.3 Å². The van der Waals surface area contributed by atoms with Crippen LogP contribution in [0.1, 0.15) is 50.5 Å². The first kappa shape index (κ1) is 15.8. The fraction of sp³-hybridized carbons (Fsp3) is 0.650. The van der Waals surface area contributed by atoms with Crippen LogP contribution in [0.3, 0.4) is 0 Å². The van der Waals surface area contributed by atoms with Gasteiger partial charge in [0, 0.05) is 5.56 Å². The summed E-state index contributed by atoms with van der Waals surface area (Å²) in [5.41, 5.74) is 1.85. The molecule has 1 spiro atoms. The number of ether oxygens (including phenoxy) is 2. The highest BCUT2D eigenvalue weighted by atomic mass is 16.8. The van der Waals surface area contributed by atoms with Crippen molar-refractivity contribution in [2.75, 3.05) is 24.7 Å². The van der Waals surface area contributed by atoms with Gasteiger partial charge in [-0.15, -0.1) is 0 Å². The second-order valence-electron chi connectivity index (χ2n) is 7.78. The summed E-state index contributed by atoms with van der Waals surface area (Å²) in [4.78, 5) is 17.7. The SMILES string of the molecule is O=C1N(CN2CCCCC2)c2ccccc2C12O[C@H]1CCCC[C@H]1O2. The minimum Gasteiger partial charge on any atom is -0.332 e. The maximum atomic E-state index is 13.5. The molecule has 4 aliphatic rings. The summed E-state index contributed by atoms with van der Waals surface area (Å²) in [5, 5.41) is 0. The molecule has 2 saturated heterocycles. The molecule has 3 aliphatic heterocycles. The highest BCUT2D eigenvalue weighted by molar-refractivity contribution is 6.06. The molecule has 1 aliphatic carbocycles. The van der Waals surface area contributed by atoms with Gasteiger partial charge < -0.3 is 9.47 Å². The number of fused-ring (bicyclic) bond motifs is 3. The molecule has 5 nitrogen and oxygen atoms in total. The third-order valence-electron chi connectivity index (χ3n) is 6.14. The third-order valence-corrected chi connectivity index (χ3v) is 6.14. The quantitative estimate of drug-likeness (QED) is 0.829. The Balaban J connectivity index is 1.48. The number of hydrogen-bond acceptors (Lipinski definition) is 4. The van der Waals surface area contributed by atoms with Gasteiger partial charge in [0.05, 0.1) is 24.6 Å². The van der Waals surface area contributed by atoms with Crippen molar-refractivity contribution in [3.05, 3.63) is 29.8 Å². The average Bonchev–Trinajstić information content (AvgIpc) is 3.15. The van der Waals surface area contributed by atoms with Gasteiger partial charge in [-0.1, -0.05) is 37.5 Å². The first-order chi connectivity index (χ1) is 12.3. The number of likely N-dealkylation sites (tertiary alicyclic amines) is 1. The van der Waals surface area contributed by atoms with E-state index in [1.807, 2.05) is 29.2 Å². The lowest BCUT2D eigenvalue weighted by atomic mass is 9.95. The number of anilines is 1. The summed E-state index contributed by atoms with van der Waals surface area (Å²) in [6.45, 7) is 2.76. The molecule has 1 aromatic carbocycles. The molecule has 3 heterocycles. The monoisotopic (exact) mass is 342 g/mol. The van der Waals surface area contributed by atoms with Crippen LogP contribution < -0.4 is 4.90 Å². The highest BCUT2D eigenvalue weighted by Gasteiger charge is 2.61. The summed E-state index contributed by atoms with van der Waals surface area (Å²) in [6.07, 6.45) is 8.14. The van der Waals surface area contributed by atoms with Crippen LogP contribution in [0.2, 0.25) is 0 Å². The van der Waals surface area contributed by atoms with E-state index in [9.17, 15) is 4.79 Å². The van der Waals surface area contributed by atoms with Crippen LogP contribution in [0.25, 0.3) is 0 Å². The van der Waals surface area contributed by atoms with Crippen molar-refractivity contribution in [2.45, 2.75) is 62.9 Å². The molecule has 3 atom stereocenters. The molecule has 1 aromatic rings. The van der Waals surface area contributed by atoms with Crippen LogP contribution in [-0.4, -0.2) is 42.8 Å². The molecule has 0 aromatic heterocycles. The Bertz CT molecular complexity index is 657. The zero-order valence-corrected chi connectivity index (χ0v) is 14.7.